The fourth-order valence-corrected chi connectivity index (χ4v) is 2.43. The molecule has 0 N–H and O–H groups in total. The van der Waals surface area contributed by atoms with Crippen molar-refractivity contribution in [3.8, 4) is 0 Å². The van der Waals surface area contributed by atoms with Crippen molar-refractivity contribution in [3.05, 3.63) is 29.8 Å². The Morgan fingerprint density at radius 1 is 1.44 bits per heavy atom. The van der Waals surface area contributed by atoms with Crippen LogP contribution in [0.3, 0.4) is 0 Å². The summed E-state index contributed by atoms with van der Waals surface area (Å²) >= 11 is 0. The van der Waals surface area contributed by atoms with Gasteiger partial charge in [-0.25, -0.2) is 0 Å². The fourth-order valence-electron chi connectivity index (χ4n) is 1.42. The normalized spacial score (nSPS) is 26.7. The third-order valence-electron chi connectivity index (χ3n) is 2.33. The number of hydrogen-bond donors (Lipinski definition) is 0. The Hall–Kier alpha value is -0.910. The first kappa shape index (κ1) is 10.3. The van der Waals surface area contributed by atoms with E-state index in [4.69, 9.17) is 10.3 Å². The quantitative estimate of drug-likeness (QED) is 0.755. The zero-order valence-electron chi connectivity index (χ0n) is 9.97. The smallest absolute Gasteiger partial charge is 0.297 e. The fraction of sp³-hybridized carbons (Fsp3) is 0.455. The van der Waals surface area contributed by atoms with Crippen molar-refractivity contribution in [1.82, 2.24) is 0 Å². The molecule has 0 radical (unpaired) electrons. The van der Waals surface area contributed by atoms with Crippen molar-refractivity contribution in [3.63, 3.8) is 0 Å². The van der Waals surface area contributed by atoms with Gasteiger partial charge in [0.1, 0.15) is 6.08 Å². The maximum atomic E-state index is 11.9. The van der Waals surface area contributed by atoms with E-state index in [9.17, 15) is 8.42 Å². The first-order valence-electron chi connectivity index (χ1n) is 5.51. The summed E-state index contributed by atoms with van der Waals surface area (Å²) in [6.45, 7) is 2.21. The molecule has 0 amide bonds. The van der Waals surface area contributed by atoms with Gasteiger partial charge in [-0.1, -0.05) is 17.7 Å². The summed E-state index contributed by atoms with van der Waals surface area (Å²) in [5.74, 6) is 0. The summed E-state index contributed by atoms with van der Waals surface area (Å²) in [5, 5.41) is 0. The molecule has 1 unspecified atom stereocenters. The second-order valence-electron chi connectivity index (χ2n) is 3.69. The van der Waals surface area contributed by atoms with Crippen LogP contribution >= 0.6 is 0 Å². The minimum absolute atomic E-state index is 0.0158. The van der Waals surface area contributed by atoms with Gasteiger partial charge in [-0.05, 0) is 19.1 Å². The first-order valence-corrected chi connectivity index (χ1v) is 6.42. The van der Waals surface area contributed by atoms with Crippen LogP contribution in [-0.2, 0) is 19.0 Å². The van der Waals surface area contributed by atoms with Crippen molar-refractivity contribution in [2.45, 2.75) is 24.3 Å². The van der Waals surface area contributed by atoms with Gasteiger partial charge in [0, 0.05) is 13.0 Å². The molecule has 1 aliphatic rings. The summed E-state index contributed by atoms with van der Waals surface area (Å²) in [4.78, 5) is 0.0709. The molecule has 0 aliphatic carbocycles. The SMILES string of the molecule is [2H]C1(OS(=O)(=O)c2ccc(C)cc2)CCOC1. The zero-order chi connectivity index (χ0) is 12.5. The molecule has 5 heteroatoms. The Balaban J connectivity index is 2.22. The lowest BCUT2D eigenvalue weighted by molar-refractivity contribution is 0.145. The van der Waals surface area contributed by atoms with Crippen LogP contribution in [0.4, 0.5) is 0 Å². The number of hydrogen-bond acceptors (Lipinski definition) is 4. The molecule has 4 nitrogen and oxygen atoms in total. The van der Waals surface area contributed by atoms with Gasteiger partial charge in [0.25, 0.3) is 10.1 Å². The van der Waals surface area contributed by atoms with E-state index >= 15 is 0 Å². The van der Waals surface area contributed by atoms with Gasteiger partial charge in [-0.2, -0.15) is 8.42 Å². The van der Waals surface area contributed by atoms with Crippen molar-refractivity contribution < 1.29 is 18.7 Å². The van der Waals surface area contributed by atoms with Crippen LogP contribution in [-0.4, -0.2) is 27.7 Å². The standard InChI is InChI=1S/C11H14O4S/c1-9-2-4-11(5-3-9)16(12,13)15-10-6-7-14-8-10/h2-5,10H,6-8H2,1H3/i10D. The Morgan fingerprint density at radius 2 is 2.12 bits per heavy atom. The summed E-state index contributed by atoms with van der Waals surface area (Å²) in [5.41, 5.74) is 0.966. The Kier molecular flexibility index (Phi) is 2.90. The number of aryl methyl sites for hydroxylation is 1. The average molecular weight is 243 g/mol. The van der Waals surface area contributed by atoms with Gasteiger partial charge >= 0.3 is 0 Å². The summed E-state index contributed by atoms with van der Waals surface area (Å²) in [6.07, 6.45) is -1.22. The maximum Gasteiger partial charge on any atom is 0.297 e. The maximum absolute atomic E-state index is 11.9. The lowest BCUT2D eigenvalue weighted by atomic mass is 10.2. The molecule has 88 valence electrons. The predicted octanol–water partition coefficient (Wildman–Crippen LogP) is 1.49. The first-order chi connectivity index (χ1) is 7.91. The highest BCUT2D eigenvalue weighted by atomic mass is 32.2. The molecule has 2 rings (SSSR count). The van der Waals surface area contributed by atoms with Crippen LogP contribution in [0, 0.1) is 6.92 Å². The van der Waals surface area contributed by atoms with E-state index in [1.807, 2.05) is 6.92 Å². The Bertz CT molecular complexity index is 489. The third-order valence-corrected chi connectivity index (χ3v) is 3.63. The molecule has 16 heavy (non-hydrogen) atoms. The topological polar surface area (TPSA) is 52.6 Å². The molecule has 0 spiro atoms. The van der Waals surface area contributed by atoms with Gasteiger partial charge in [0.05, 0.1) is 12.9 Å². The molecular formula is C11H14O4S. The van der Waals surface area contributed by atoms with Crippen LogP contribution < -0.4 is 0 Å². The van der Waals surface area contributed by atoms with E-state index in [-0.39, 0.29) is 17.9 Å². The molecular weight excluding hydrogens is 228 g/mol. The number of ether oxygens (including phenoxy) is 1. The molecule has 1 aromatic carbocycles. The highest BCUT2D eigenvalue weighted by molar-refractivity contribution is 7.86. The second kappa shape index (κ2) is 4.53. The summed E-state index contributed by atoms with van der Waals surface area (Å²) < 4.78 is 41.5. The highest BCUT2D eigenvalue weighted by Gasteiger charge is 2.24. The number of rotatable bonds is 3. The van der Waals surface area contributed by atoms with Crippen LogP contribution in [0.25, 0.3) is 0 Å². The highest BCUT2D eigenvalue weighted by Crippen LogP contribution is 2.18. The van der Waals surface area contributed by atoms with E-state index in [1.54, 1.807) is 12.1 Å². The van der Waals surface area contributed by atoms with Crippen LogP contribution in [0.1, 0.15) is 13.4 Å². The molecule has 0 aromatic heterocycles. The van der Waals surface area contributed by atoms with Gasteiger partial charge in [0.2, 0.25) is 0 Å². The zero-order valence-corrected chi connectivity index (χ0v) is 9.79. The van der Waals surface area contributed by atoms with Crippen LogP contribution in [0.5, 0.6) is 0 Å². The summed E-state index contributed by atoms with van der Waals surface area (Å²) in [7, 11) is -3.89. The molecule has 1 saturated heterocycles. The molecule has 0 bridgehead atoms. The van der Waals surface area contributed by atoms with Crippen LogP contribution in [0.2, 0.25) is 0 Å². The largest absolute Gasteiger partial charge is 0.379 e. The Morgan fingerprint density at radius 3 is 2.69 bits per heavy atom. The number of benzene rings is 1. The molecule has 1 aromatic rings. The van der Waals surface area contributed by atoms with Crippen LogP contribution in [0.15, 0.2) is 29.2 Å². The van der Waals surface area contributed by atoms with E-state index in [0.29, 0.717) is 6.61 Å². The lowest BCUT2D eigenvalue weighted by Gasteiger charge is -2.10. The molecule has 1 fully saturated rings. The van der Waals surface area contributed by atoms with Crippen molar-refractivity contribution in [2.24, 2.45) is 0 Å². The van der Waals surface area contributed by atoms with E-state index in [0.717, 1.165) is 5.56 Å². The minimum Gasteiger partial charge on any atom is -0.379 e. The van der Waals surface area contributed by atoms with Crippen molar-refractivity contribution in [2.75, 3.05) is 13.2 Å². The van der Waals surface area contributed by atoms with E-state index in [1.165, 1.54) is 12.1 Å². The second-order valence-corrected chi connectivity index (χ2v) is 5.24. The van der Waals surface area contributed by atoms with Gasteiger partial charge < -0.3 is 4.74 Å². The average Bonchev–Trinajstić information content (AvgIpc) is 2.64. The molecule has 1 aliphatic heterocycles. The van der Waals surface area contributed by atoms with E-state index < -0.39 is 16.2 Å². The Labute approximate surface area is 96.7 Å². The minimum atomic E-state index is -3.89. The van der Waals surface area contributed by atoms with Crippen molar-refractivity contribution >= 4 is 10.1 Å². The van der Waals surface area contributed by atoms with Crippen molar-refractivity contribution in [1.29, 1.82) is 0 Å². The van der Waals surface area contributed by atoms with Gasteiger partial charge in [0.15, 0.2) is 0 Å². The predicted molar refractivity (Wildman–Crippen MR) is 58.7 cm³/mol. The van der Waals surface area contributed by atoms with Gasteiger partial charge in [-0.15, -0.1) is 0 Å². The summed E-state index contributed by atoms with van der Waals surface area (Å²) in [6, 6.07) is 6.34. The molecule has 0 saturated carbocycles. The molecule has 1 heterocycles. The van der Waals surface area contributed by atoms with E-state index in [2.05, 4.69) is 0 Å². The monoisotopic (exact) mass is 243 g/mol. The third kappa shape index (κ3) is 2.61. The lowest BCUT2D eigenvalue weighted by Crippen LogP contribution is -2.18. The van der Waals surface area contributed by atoms with Gasteiger partial charge in [-0.3, -0.25) is 4.18 Å². The molecule has 1 atom stereocenters.